The predicted molar refractivity (Wildman–Crippen MR) is 116 cm³/mol. The van der Waals surface area contributed by atoms with Gasteiger partial charge in [-0.05, 0) is 12.5 Å². The highest BCUT2D eigenvalue weighted by Crippen LogP contribution is 2.17. The highest BCUT2D eigenvalue weighted by molar-refractivity contribution is 5.80. The Kier molecular flexibility index (Phi) is 5.43. The molecule has 1 amide bonds. The van der Waals surface area contributed by atoms with E-state index in [0.29, 0.717) is 30.1 Å². The van der Waals surface area contributed by atoms with E-state index in [1.165, 1.54) is 9.13 Å². The van der Waals surface area contributed by atoms with Crippen LogP contribution >= 0.6 is 0 Å². The Morgan fingerprint density at radius 2 is 1.70 bits per heavy atom. The maximum Gasteiger partial charge on any atom is 0.330 e. The Hall–Kier alpha value is -3.74. The average Bonchev–Trinajstić information content (AvgIpc) is 3.03. The lowest BCUT2D eigenvalue weighted by molar-refractivity contribution is -0.132. The minimum Gasteiger partial charge on any atom is -0.337 e. The lowest BCUT2D eigenvalue weighted by atomic mass is 10.2. The van der Waals surface area contributed by atoms with Gasteiger partial charge in [0.25, 0.3) is 0 Å². The van der Waals surface area contributed by atoms with Crippen LogP contribution in [0.1, 0.15) is 12.5 Å². The lowest BCUT2D eigenvalue weighted by Crippen LogP contribution is -2.36. The molecule has 0 aliphatic heterocycles. The van der Waals surface area contributed by atoms with E-state index in [2.05, 4.69) is 9.97 Å². The fraction of sp³-hybridized carbons (Fsp3) is 0.217. The zero-order valence-corrected chi connectivity index (χ0v) is 17.0. The fourth-order valence-electron chi connectivity index (χ4n) is 3.47. The monoisotopic (exact) mass is 401 g/mol. The number of carbonyl (C=O) groups is 1. The Bertz CT molecular complexity index is 1230. The second-order valence-corrected chi connectivity index (χ2v) is 7.09. The van der Waals surface area contributed by atoms with Crippen LogP contribution in [0.25, 0.3) is 22.6 Å². The summed E-state index contributed by atoms with van der Waals surface area (Å²) in [5, 5.41) is 0. The van der Waals surface area contributed by atoms with Gasteiger partial charge >= 0.3 is 5.69 Å². The van der Waals surface area contributed by atoms with E-state index in [4.69, 9.17) is 0 Å². The first-order chi connectivity index (χ1) is 14.6. The topological polar surface area (TPSA) is 73.0 Å². The van der Waals surface area contributed by atoms with Crippen molar-refractivity contribution >= 4 is 17.1 Å². The van der Waals surface area contributed by atoms with Crippen LogP contribution in [0.4, 0.5) is 0 Å². The molecule has 0 aliphatic rings. The summed E-state index contributed by atoms with van der Waals surface area (Å²) in [5.41, 5.74) is 2.69. The Morgan fingerprint density at radius 1 is 1.03 bits per heavy atom. The first-order valence-electron chi connectivity index (χ1n) is 9.88. The van der Waals surface area contributed by atoms with Gasteiger partial charge in [-0.15, -0.1) is 0 Å². The number of aromatic nitrogens is 4. The number of fused-ring (bicyclic) bond motifs is 1. The predicted octanol–water partition coefficient (Wildman–Crippen LogP) is 2.85. The van der Waals surface area contributed by atoms with Gasteiger partial charge in [0, 0.05) is 25.7 Å². The minimum atomic E-state index is -0.284. The molecule has 0 fully saturated rings. The van der Waals surface area contributed by atoms with Crippen LogP contribution in [0.2, 0.25) is 0 Å². The normalized spacial score (nSPS) is 11.0. The van der Waals surface area contributed by atoms with Gasteiger partial charge in [-0.25, -0.2) is 14.8 Å². The van der Waals surface area contributed by atoms with Gasteiger partial charge < -0.3 is 4.90 Å². The zero-order valence-electron chi connectivity index (χ0n) is 17.0. The summed E-state index contributed by atoms with van der Waals surface area (Å²) >= 11 is 0. The van der Waals surface area contributed by atoms with Crippen LogP contribution < -0.4 is 5.69 Å². The van der Waals surface area contributed by atoms with Gasteiger partial charge in [0.15, 0.2) is 11.5 Å². The van der Waals surface area contributed by atoms with Crippen LogP contribution in [0.15, 0.2) is 71.7 Å². The molecule has 0 radical (unpaired) electrons. The van der Waals surface area contributed by atoms with Crippen molar-refractivity contribution in [3.8, 4) is 11.4 Å². The molecule has 0 saturated carbocycles. The van der Waals surface area contributed by atoms with Crippen LogP contribution in [-0.2, 0) is 24.9 Å². The molecular formula is C23H23N5O2. The van der Waals surface area contributed by atoms with Gasteiger partial charge in [-0.2, -0.15) is 0 Å². The highest BCUT2D eigenvalue weighted by atomic mass is 16.2. The third-order valence-electron chi connectivity index (χ3n) is 5.15. The quantitative estimate of drug-likeness (QED) is 0.498. The van der Waals surface area contributed by atoms with Gasteiger partial charge in [-0.3, -0.25) is 13.9 Å². The Morgan fingerprint density at radius 3 is 2.37 bits per heavy atom. The Balaban J connectivity index is 1.64. The molecule has 30 heavy (non-hydrogen) atoms. The van der Waals surface area contributed by atoms with Crippen molar-refractivity contribution in [2.24, 2.45) is 7.05 Å². The molecule has 0 unspecified atom stereocenters. The van der Waals surface area contributed by atoms with E-state index in [-0.39, 0.29) is 18.1 Å². The molecule has 0 atom stereocenters. The Labute approximate surface area is 174 Å². The molecular weight excluding hydrogens is 378 g/mol. The number of hydrogen-bond acceptors (Lipinski definition) is 4. The maximum absolute atomic E-state index is 13.0. The van der Waals surface area contributed by atoms with Crippen LogP contribution in [0.5, 0.6) is 0 Å². The van der Waals surface area contributed by atoms with Crippen molar-refractivity contribution in [1.82, 2.24) is 24.0 Å². The number of hydrogen-bond donors (Lipinski definition) is 0. The first-order valence-corrected chi connectivity index (χ1v) is 9.88. The molecule has 0 aliphatic carbocycles. The van der Waals surface area contributed by atoms with E-state index in [9.17, 15) is 9.59 Å². The van der Waals surface area contributed by atoms with E-state index >= 15 is 0 Å². The number of aryl methyl sites for hydroxylation is 1. The smallest absolute Gasteiger partial charge is 0.330 e. The summed E-state index contributed by atoms with van der Waals surface area (Å²) in [7, 11) is 1.66. The molecule has 7 heteroatoms. The fourth-order valence-corrected chi connectivity index (χ4v) is 3.47. The zero-order chi connectivity index (χ0) is 21.1. The van der Waals surface area contributed by atoms with Gasteiger partial charge in [0.1, 0.15) is 12.1 Å². The number of carbonyl (C=O) groups excluding carboxylic acids is 1. The average molecular weight is 401 g/mol. The highest BCUT2D eigenvalue weighted by Gasteiger charge is 2.19. The number of rotatable bonds is 6. The SMILES string of the molecule is CCN(Cc1ccccc1)C(=O)Cn1c(=O)n(C)c2nc(-c3ccccc3)ncc21. The van der Waals surface area contributed by atoms with Crippen molar-refractivity contribution in [2.45, 2.75) is 20.0 Å². The molecule has 0 saturated heterocycles. The third-order valence-corrected chi connectivity index (χ3v) is 5.15. The summed E-state index contributed by atoms with van der Waals surface area (Å²) in [6, 6.07) is 19.4. The molecule has 2 aromatic carbocycles. The lowest BCUT2D eigenvalue weighted by Gasteiger charge is -2.21. The van der Waals surface area contributed by atoms with Crippen LogP contribution in [0.3, 0.4) is 0 Å². The molecule has 2 aromatic heterocycles. The second-order valence-electron chi connectivity index (χ2n) is 7.09. The number of benzene rings is 2. The molecule has 4 rings (SSSR count). The van der Waals surface area contributed by atoms with Crippen molar-refractivity contribution < 1.29 is 4.79 Å². The molecule has 152 valence electrons. The number of amides is 1. The largest absolute Gasteiger partial charge is 0.337 e. The molecule has 7 nitrogen and oxygen atoms in total. The van der Waals surface area contributed by atoms with E-state index in [0.717, 1.165) is 11.1 Å². The molecule has 2 heterocycles. The van der Waals surface area contributed by atoms with Crippen molar-refractivity contribution in [2.75, 3.05) is 6.54 Å². The molecule has 0 N–H and O–H groups in total. The third kappa shape index (κ3) is 3.74. The van der Waals surface area contributed by atoms with Gasteiger partial charge in [0.05, 0.1) is 6.20 Å². The van der Waals surface area contributed by atoms with Crippen molar-refractivity contribution in [3.05, 3.63) is 82.9 Å². The summed E-state index contributed by atoms with van der Waals surface area (Å²) in [4.78, 5) is 36.5. The van der Waals surface area contributed by atoms with Gasteiger partial charge in [0.2, 0.25) is 5.91 Å². The number of imidazole rings is 1. The number of nitrogens with zero attached hydrogens (tertiary/aromatic N) is 5. The summed E-state index contributed by atoms with van der Waals surface area (Å²) in [5.74, 6) is 0.421. The molecule has 0 spiro atoms. The van der Waals surface area contributed by atoms with Crippen molar-refractivity contribution in [1.29, 1.82) is 0 Å². The van der Waals surface area contributed by atoms with Crippen molar-refractivity contribution in [3.63, 3.8) is 0 Å². The van der Waals surface area contributed by atoms with E-state index in [1.54, 1.807) is 18.1 Å². The summed E-state index contributed by atoms with van der Waals surface area (Å²) < 4.78 is 2.91. The molecule has 4 aromatic rings. The maximum atomic E-state index is 13.0. The second kappa shape index (κ2) is 8.32. The van der Waals surface area contributed by atoms with Gasteiger partial charge in [-0.1, -0.05) is 60.7 Å². The van der Waals surface area contributed by atoms with E-state index in [1.807, 2.05) is 67.6 Å². The van der Waals surface area contributed by atoms with E-state index < -0.39 is 0 Å². The first kappa shape index (κ1) is 19.6. The minimum absolute atomic E-state index is 0.0507. The van der Waals surface area contributed by atoms with Crippen LogP contribution in [0, 0.1) is 0 Å². The van der Waals surface area contributed by atoms with Crippen LogP contribution in [-0.4, -0.2) is 36.5 Å². The molecule has 0 bridgehead atoms. The summed E-state index contributed by atoms with van der Waals surface area (Å²) in [6.45, 7) is 2.94. The number of likely N-dealkylation sites (N-methyl/N-ethyl adjacent to an activating group) is 1. The standard InChI is InChI=1S/C23H23N5O2/c1-3-27(15-17-10-6-4-7-11-17)20(29)16-28-19-14-24-21(18-12-8-5-9-13-18)25-22(19)26(2)23(28)30/h4-14H,3,15-16H2,1-2H3. The summed E-state index contributed by atoms with van der Waals surface area (Å²) in [6.07, 6.45) is 1.62.